The maximum atomic E-state index is 12.6. The first kappa shape index (κ1) is 17.8. The SMILES string of the molecule is O=C(OC(Cn1ccnc1)c1ccc(Cl)cc1Cl)c1ccccc1Cl. The number of hydrogen-bond acceptors (Lipinski definition) is 3. The summed E-state index contributed by atoms with van der Waals surface area (Å²) in [7, 11) is 0. The highest BCUT2D eigenvalue weighted by Crippen LogP contribution is 2.31. The van der Waals surface area contributed by atoms with Crippen molar-refractivity contribution < 1.29 is 9.53 Å². The van der Waals surface area contributed by atoms with Gasteiger partial charge in [0, 0.05) is 28.0 Å². The number of ether oxygens (including phenoxy) is 1. The molecule has 0 radical (unpaired) electrons. The lowest BCUT2D eigenvalue weighted by atomic mass is 10.1. The van der Waals surface area contributed by atoms with E-state index >= 15 is 0 Å². The molecular formula is C18H13Cl3N2O2. The molecule has 0 N–H and O–H groups in total. The van der Waals surface area contributed by atoms with Crippen molar-refractivity contribution in [1.82, 2.24) is 9.55 Å². The first-order valence-electron chi connectivity index (χ1n) is 7.41. The van der Waals surface area contributed by atoms with Gasteiger partial charge in [-0.1, -0.05) is 53.0 Å². The molecule has 3 aromatic rings. The second-order valence-electron chi connectivity index (χ2n) is 5.30. The number of nitrogens with zero attached hydrogens (tertiary/aromatic N) is 2. The summed E-state index contributed by atoms with van der Waals surface area (Å²) in [5.74, 6) is -0.526. The smallest absolute Gasteiger partial charge is 0.340 e. The van der Waals surface area contributed by atoms with E-state index in [1.807, 2.05) is 0 Å². The normalized spacial score (nSPS) is 12.0. The molecule has 0 aliphatic rings. The van der Waals surface area contributed by atoms with E-state index < -0.39 is 12.1 Å². The maximum Gasteiger partial charge on any atom is 0.340 e. The summed E-state index contributed by atoms with van der Waals surface area (Å²) in [5.41, 5.74) is 0.949. The van der Waals surface area contributed by atoms with Gasteiger partial charge in [-0.3, -0.25) is 0 Å². The summed E-state index contributed by atoms with van der Waals surface area (Å²) >= 11 is 18.3. The summed E-state index contributed by atoms with van der Waals surface area (Å²) in [4.78, 5) is 16.6. The predicted molar refractivity (Wildman–Crippen MR) is 98.3 cm³/mol. The quantitative estimate of drug-likeness (QED) is 0.540. The molecule has 0 aliphatic carbocycles. The molecule has 0 aliphatic heterocycles. The lowest BCUT2D eigenvalue weighted by Gasteiger charge is -2.20. The molecule has 0 saturated carbocycles. The topological polar surface area (TPSA) is 44.1 Å². The summed E-state index contributed by atoms with van der Waals surface area (Å²) in [6.07, 6.45) is 4.44. The van der Waals surface area contributed by atoms with Gasteiger partial charge in [-0.25, -0.2) is 9.78 Å². The van der Waals surface area contributed by atoms with Crippen molar-refractivity contribution in [3.8, 4) is 0 Å². The van der Waals surface area contributed by atoms with E-state index in [2.05, 4.69) is 4.98 Å². The highest BCUT2D eigenvalue weighted by molar-refractivity contribution is 6.35. The van der Waals surface area contributed by atoms with Crippen LogP contribution in [-0.4, -0.2) is 15.5 Å². The van der Waals surface area contributed by atoms with Gasteiger partial charge in [0.2, 0.25) is 0 Å². The van der Waals surface area contributed by atoms with Crippen molar-refractivity contribution in [2.24, 2.45) is 0 Å². The zero-order chi connectivity index (χ0) is 17.8. The number of rotatable bonds is 5. The van der Waals surface area contributed by atoms with Crippen LogP contribution in [0, 0.1) is 0 Å². The zero-order valence-electron chi connectivity index (χ0n) is 12.9. The van der Waals surface area contributed by atoms with Crippen LogP contribution >= 0.6 is 34.8 Å². The standard InChI is InChI=1S/C18H13Cl3N2O2/c19-12-5-6-13(16(21)9-12)17(10-23-8-7-22-11-23)25-18(24)14-3-1-2-4-15(14)20/h1-9,11,17H,10H2. The van der Waals surface area contributed by atoms with Crippen LogP contribution in [0.1, 0.15) is 22.0 Å². The monoisotopic (exact) mass is 394 g/mol. The summed E-state index contributed by atoms with van der Waals surface area (Å²) in [6.45, 7) is 0.359. The van der Waals surface area contributed by atoms with Crippen LogP contribution in [0.3, 0.4) is 0 Å². The molecule has 4 nitrogen and oxygen atoms in total. The Morgan fingerprint density at radius 1 is 1.12 bits per heavy atom. The number of benzene rings is 2. The van der Waals surface area contributed by atoms with Gasteiger partial charge >= 0.3 is 5.97 Å². The van der Waals surface area contributed by atoms with E-state index in [9.17, 15) is 4.79 Å². The molecule has 128 valence electrons. The van der Waals surface area contributed by atoms with Gasteiger partial charge in [0.15, 0.2) is 0 Å². The summed E-state index contributed by atoms with van der Waals surface area (Å²) in [6, 6.07) is 11.8. The number of carbonyl (C=O) groups excluding carboxylic acids is 1. The van der Waals surface area contributed by atoms with Crippen LogP contribution in [0.2, 0.25) is 15.1 Å². The van der Waals surface area contributed by atoms with Gasteiger partial charge in [0.1, 0.15) is 6.10 Å². The Hall–Kier alpha value is -2.01. The Morgan fingerprint density at radius 2 is 1.92 bits per heavy atom. The van der Waals surface area contributed by atoms with Crippen molar-refractivity contribution in [2.75, 3.05) is 0 Å². The maximum absolute atomic E-state index is 12.6. The lowest BCUT2D eigenvalue weighted by molar-refractivity contribution is 0.0256. The zero-order valence-corrected chi connectivity index (χ0v) is 15.2. The summed E-state index contributed by atoms with van der Waals surface area (Å²) in [5, 5.41) is 1.26. The molecular weight excluding hydrogens is 383 g/mol. The molecule has 1 heterocycles. The Morgan fingerprint density at radius 3 is 2.60 bits per heavy atom. The average Bonchev–Trinajstić information content (AvgIpc) is 3.07. The van der Waals surface area contributed by atoms with Crippen LogP contribution in [0.5, 0.6) is 0 Å². The Labute approximate surface area is 159 Å². The van der Waals surface area contributed by atoms with Gasteiger partial charge in [0.05, 0.1) is 23.5 Å². The number of hydrogen-bond donors (Lipinski definition) is 0. The van der Waals surface area contributed by atoms with Crippen LogP contribution in [-0.2, 0) is 11.3 Å². The fourth-order valence-electron chi connectivity index (χ4n) is 2.37. The Bertz CT molecular complexity index is 882. The van der Waals surface area contributed by atoms with Crippen LogP contribution in [0.25, 0.3) is 0 Å². The van der Waals surface area contributed by atoms with E-state index in [0.29, 0.717) is 32.7 Å². The largest absolute Gasteiger partial charge is 0.452 e. The minimum Gasteiger partial charge on any atom is -0.452 e. The molecule has 1 unspecified atom stereocenters. The predicted octanol–water partition coefficient (Wildman–Crippen LogP) is 5.44. The van der Waals surface area contributed by atoms with E-state index in [-0.39, 0.29) is 0 Å². The van der Waals surface area contributed by atoms with Gasteiger partial charge in [0.25, 0.3) is 0 Å². The molecule has 0 saturated heterocycles. The third-order valence-corrected chi connectivity index (χ3v) is 4.48. The van der Waals surface area contributed by atoms with Crippen molar-refractivity contribution in [3.63, 3.8) is 0 Å². The fourth-order valence-corrected chi connectivity index (χ4v) is 3.11. The molecule has 0 bridgehead atoms. The minimum absolute atomic E-state index is 0.296. The van der Waals surface area contributed by atoms with Gasteiger partial charge in [-0.15, -0.1) is 0 Å². The van der Waals surface area contributed by atoms with E-state index in [1.54, 1.807) is 65.8 Å². The van der Waals surface area contributed by atoms with E-state index in [0.717, 1.165) is 0 Å². The Balaban J connectivity index is 1.91. The number of esters is 1. The first-order valence-corrected chi connectivity index (χ1v) is 8.54. The molecule has 2 aromatic carbocycles. The molecule has 3 rings (SSSR count). The number of aromatic nitrogens is 2. The molecule has 0 fully saturated rings. The second-order valence-corrected chi connectivity index (χ2v) is 6.55. The van der Waals surface area contributed by atoms with Crippen molar-refractivity contribution >= 4 is 40.8 Å². The van der Waals surface area contributed by atoms with Gasteiger partial charge in [-0.05, 0) is 24.3 Å². The average molecular weight is 396 g/mol. The van der Waals surface area contributed by atoms with Crippen LogP contribution in [0.4, 0.5) is 0 Å². The fraction of sp³-hybridized carbons (Fsp3) is 0.111. The molecule has 1 aromatic heterocycles. The summed E-state index contributed by atoms with van der Waals surface area (Å²) < 4.78 is 7.50. The third kappa shape index (κ3) is 4.34. The first-order chi connectivity index (χ1) is 12.0. The van der Waals surface area contributed by atoms with Crippen molar-refractivity contribution in [2.45, 2.75) is 12.6 Å². The van der Waals surface area contributed by atoms with E-state index in [1.165, 1.54) is 0 Å². The number of halogens is 3. The lowest BCUT2D eigenvalue weighted by Crippen LogP contribution is -2.17. The highest BCUT2D eigenvalue weighted by atomic mass is 35.5. The number of imidazole rings is 1. The van der Waals surface area contributed by atoms with Crippen molar-refractivity contribution in [3.05, 3.63) is 87.4 Å². The minimum atomic E-state index is -0.622. The van der Waals surface area contributed by atoms with Crippen LogP contribution < -0.4 is 0 Å². The van der Waals surface area contributed by atoms with Gasteiger partial charge < -0.3 is 9.30 Å². The van der Waals surface area contributed by atoms with Crippen molar-refractivity contribution in [1.29, 1.82) is 0 Å². The highest BCUT2D eigenvalue weighted by Gasteiger charge is 2.22. The molecule has 25 heavy (non-hydrogen) atoms. The molecule has 0 spiro atoms. The third-order valence-electron chi connectivity index (χ3n) is 3.59. The number of carbonyl (C=O) groups is 1. The molecule has 7 heteroatoms. The van der Waals surface area contributed by atoms with Crippen LogP contribution in [0.15, 0.2) is 61.2 Å². The second kappa shape index (κ2) is 7.91. The molecule has 1 atom stereocenters. The Kier molecular flexibility index (Phi) is 5.63. The van der Waals surface area contributed by atoms with Gasteiger partial charge in [-0.2, -0.15) is 0 Å². The van der Waals surface area contributed by atoms with E-state index in [4.69, 9.17) is 39.5 Å². The molecule has 0 amide bonds.